The molecule has 1 N–H and O–H groups in total. The minimum atomic E-state index is -0.0764. The van der Waals surface area contributed by atoms with Crippen molar-refractivity contribution in [1.82, 2.24) is 15.2 Å². The topological polar surface area (TPSA) is 62.3 Å². The van der Waals surface area contributed by atoms with Gasteiger partial charge < -0.3 is 10.2 Å². The smallest absolute Gasteiger partial charge is 0.270 e. The Bertz CT molecular complexity index is 690. The van der Waals surface area contributed by atoms with E-state index in [1.807, 2.05) is 31.7 Å². The number of carbonyl (C=O) groups excluding carboxylic acids is 2. The van der Waals surface area contributed by atoms with Gasteiger partial charge in [0.1, 0.15) is 5.69 Å². The summed E-state index contributed by atoms with van der Waals surface area (Å²) in [5.74, 6) is 3.60. The highest BCUT2D eigenvalue weighted by Crippen LogP contribution is 2.39. The lowest BCUT2D eigenvalue weighted by molar-refractivity contribution is -0.133. The van der Waals surface area contributed by atoms with Crippen molar-refractivity contribution < 1.29 is 9.59 Å². The van der Waals surface area contributed by atoms with Crippen LogP contribution >= 0.6 is 11.8 Å². The Balaban J connectivity index is 1.31. The number of nitrogens with zero attached hydrogens (tertiary/aromatic N) is 2. The number of nitrogens with one attached hydrogen (secondary N) is 1. The lowest BCUT2D eigenvalue weighted by Gasteiger charge is -2.29. The molecule has 6 heteroatoms. The maximum Gasteiger partial charge on any atom is 0.270 e. The Labute approximate surface area is 152 Å². The van der Waals surface area contributed by atoms with E-state index in [4.69, 9.17) is 0 Å². The van der Waals surface area contributed by atoms with Crippen LogP contribution in [0, 0.1) is 31.6 Å². The van der Waals surface area contributed by atoms with Crippen LogP contribution in [-0.4, -0.2) is 52.3 Å². The molecule has 3 aliphatic rings. The van der Waals surface area contributed by atoms with Crippen molar-refractivity contribution in [3.63, 3.8) is 0 Å². The van der Waals surface area contributed by atoms with Crippen LogP contribution in [0.4, 0.5) is 0 Å². The normalized spacial score (nSPS) is 28.6. The summed E-state index contributed by atoms with van der Waals surface area (Å²) in [6, 6.07) is 2.07. The first kappa shape index (κ1) is 16.9. The summed E-state index contributed by atoms with van der Waals surface area (Å²) < 4.78 is 0. The van der Waals surface area contributed by atoms with Crippen LogP contribution < -0.4 is 5.32 Å². The molecule has 2 atom stereocenters. The van der Waals surface area contributed by atoms with Gasteiger partial charge in [-0.15, -0.1) is 0 Å². The Kier molecular flexibility index (Phi) is 4.48. The summed E-state index contributed by atoms with van der Waals surface area (Å²) in [4.78, 5) is 31.2. The van der Waals surface area contributed by atoms with E-state index in [0.29, 0.717) is 23.4 Å². The number of rotatable bonds is 3. The molecule has 0 aromatic carbocycles. The molecule has 1 aromatic rings. The lowest BCUT2D eigenvalue weighted by Crippen LogP contribution is -2.41. The first-order valence-electron chi connectivity index (χ1n) is 9.12. The van der Waals surface area contributed by atoms with E-state index in [0.717, 1.165) is 48.6 Å². The molecular formula is C19H25N3O2S. The van der Waals surface area contributed by atoms with E-state index < -0.39 is 0 Å². The number of pyridine rings is 1. The Morgan fingerprint density at radius 2 is 1.84 bits per heavy atom. The quantitative estimate of drug-likeness (QED) is 0.897. The van der Waals surface area contributed by atoms with Gasteiger partial charge in [-0.05, 0) is 55.7 Å². The SMILES string of the molecule is Cc1cnc(C(=O)NC2CC3CN(C(=O)C4CSC4)CC3C2)cc1C. The largest absolute Gasteiger partial charge is 0.348 e. The van der Waals surface area contributed by atoms with Crippen LogP contribution in [0.1, 0.15) is 34.5 Å². The number of aryl methyl sites for hydroxylation is 2. The van der Waals surface area contributed by atoms with Gasteiger partial charge in [-0.2, -0.15) is 11.8 Å². The standard InChI is InChI=1S/C19H25N3O2S/c1-11-3-17(20-6-12(11)2)18(23)21-16-4-13-7-22(8-14(13)5-16)19(24)15-9-25-10-15/h3,6,13-16H,4-5,7-10H2,1-2H3,(H,21,23). The summed E-state index contributed by atoms with van der Waals surface area (Å²) in [6.45, 7) is 5.75. The van der Waals surface area contributed by atoms with Gasteiger partial charge in [0.25, 0.3) is 5.91 Å². The average Bonchev–Trinajstić information content (AvgIpc) is 3.06. The zero-order chi connectivity index (χ0) is 17.6. The molecule has 0 spiro atoms. The van der Waals surface area contributed by atoms with E-state index in [9.17, 15) is 9.59 Å². The molecule has 3 heterocycles. The number of thioether (sulfide) groups is 1. The number of amides is 2. The Morgan fingerprint density at radius 3 is 2.40 bits per heavy atom. The Morgan fingerprint density at radius 1 is 1.16 bits per heavy atom. The summed E-state index contributed by atoms with van der Waals surface area (Å²) >= 11 is 1.86. The highest BCUT2D eigenvalue weighted by molar-refractivity contribution is 8.00. The molecule has 1 saturated carbocycles. The molecule has 1 aliphatic carbocycles. The monoisotopic (exact) mass is 359 g/mol. The van der Waals surface area contributed by atoms with Gasteiger partial charge >= 0.3 is 0 Å². The molecule has 2 amide bonds. The van der Waals surface area contributed by atoms with E-state index in [2.05, 4.69) is 15.2 Å². The van der Waals surface area contributed by atoms with Crippen LogP contribution in [0.15, 0.2) is 12.3 Å². The van der Waals surface area contributed by atoms with Gasteiger partial charge in [0.05, 0.1) is 5.92 Å². The molecule has 2 aliphatic heterocycles. The number of carbonyl (C=O) groups is 2. The van der Waals surface area contributed by atoms with Crippen molar-refractivity contribution >= 4 is 23.6 Å². The molecule has 0 radical (unpaired) electrons. The molecule has 0 bridgehead atoms. The van der Waals surface area contributed by atoms with Crippen molar-refractivity contribution in [2.24, 2.45) is 17.8 Å². The molecule has 4 rings (SSSR count). The maximum absolute atomic E-state index is 12.5. The summed E-state index contributed by atoms with van der Waals surface area (Å²) in [5.41, 5.74) is 2.69. The van der Waals surface area contributed by atoms with Gasteiger partial charge in [0.2, 0.25) is 5.91 Å². The summed E-state index contributed by atoms with van der Waals surface area (Å²) in [7, 11) is 0. The number of hydrogen-bond donors (Lipinski definition) is 1. The first-order chi connectivity index (χ1) is 12.0. The van der Waals surface area contributed by atoms with Gasteiger partial charge in [-0.25, -0.2) is 0 Å². The number of fused-ring (bicyclic) bond motifs is 1. The molecule has 2 saturated heterocycles. The molecule has 134 valence electrons. The first-order valence-corrected chi connectivity index (χ1v) is 10.3. The van der Waals surface area contributed by atoms with Crippen molar-refractivity contribution in [2.75, 3.05) is 24.6 Å². The summed E-state index contributed by atoms with van der Waals surface area (Å²) in [6.07, 6.45) is 3.71. The van der Waals surface area contributed by atoms with Crippen LogP contribution in [0.2, 0.25) is 0 Å². The average molecular weight is 359 g/mol. The maximum atomic E-state index is 12.5. The third-order valence-corrected chi connectivity index (χ3v) is 7.27. The lowest BCUT2D eigenvalue weighted by atomic mass is 10.0. The molecule has 5 nitrogen and oxygen atoms in total. The zero-order valence-electron chi connectivity index (χ0n) is 14.8. The van der Waals surface area contributed by atoms with Crippen LogP contribution in [0.3, 0.4) is 0 Å². The highest BCUT2D eigenvalue weighted by atomic mass is 32.2. The number of hydrogen-bond acceptors (Lipinski definition) is 4. The number of aromatic nitrogens is 1. The van der Waals surface area contributed by atoms with E-state index >= 15 is 0 Å². The van der Waals surface area contributed by atoms with E-state index in [1.165, 1.54) is 0 Å². The van der Waals surface area contributed by atoms with Crippen LogP contribution in [-0.2, 0) is 4.79 Å². The molecule has 1 aromatic heterocycles. The van der Waals surface area contributed by atoms with Crippen LogP contribution in [0.25, 0.3) is 0 Å². The highest BCUT2D eigenvalue weighted by Gasteiger charge is 2.44. The van der Waals surface area contributed by atoms with Gasteiger partial charge in [0, 0.05) is 36.8 Å². The van der Waals surface area contributed by atoms with E-state index in [-0.39, 0.29) is 17.9 Å². The number of likely N-dealkylation sites (tertiary alicyclic amines) is 1. The Hall–Kier alpha value is -1.56. The predicted molar refractivity (Wildman–Crippen MR) is 98.6 cm³/mol. The third kappa shape index (κ3) is 3.28. The predicted octanol–water partition coefficient (Wildman–Crippen LogP) is 2.03. The second-order valence-electron chi connectivity index (χ2n) is 7.79. The minimum absolute atomic E-state index is 0.0764. The zero-order valence-corrected chi connectivity index (χ0v) is 15.6. The summed E-state index contributed by atoms with van der Waals surface area (Å²) in [5, 5.41) is 3.15. The van der Waals surface area contributed by atoms with Crippen molar-refractivity contribution in [3.05, 3.63) is 29.1 Å². The van der Waals surface area contributed by atoms with Gasteiger partial charge in [-0.3, -0.25) is 14.6 Å². The molecule has 2 unspecified atom stereocenters. The van der Waals surface area contributed by atoms with Crippen molar-refractivity contribution in [1.29, 1.82) is 0 Å². The van der Waals surface area contributed by atoms with E-state index in [1.54, 1.807) is 6.20 Å². The fraction of sp³-hybridized carbons (Fsp3) is 0.632. The molecular weight excluding hydrogens is 334 g/mol. The second-order valence-corrected chi connectivity index (χ2v) is 8.87. The molecule has 25 heavy (non-hydrogen) atoms. The molecule has 3 fully saturated rings. The van der Waals surface area contributed by atoms with Gasteiger partial charge in [-0.1, -0.05) is 0 Å². The second kappa shape index (κ2) is 6.63. The van der Waals surface area contributed by atoms with Crippen LogP contribution in [0.5, 0.6) is 0 Å². The fourth-order valence-electron chi connectivity index (χ4n) is 4.24. The van der Waals surface area contributed by atoms with Gasteiger partial charge in [0.15, 0.2) is 0 Å². The minimum Gasteiger partial charge on any atom is -0.348 e. The van der Waals surface area contributed by atoms with Crippen molar-refractivity contribution in [2.45, 2.75) is 32.7 Å². The third-order valence-electron chi connectivity index (χ3n) is 5.99. The van der Waals surface area contributed by atoms with Crippen molar-refractivity contribution in [3.8, 4) is 0 Å². The fourth-order valence-corrected chi connectivity index (χ4v) is 5.00.